The van der Waals surface area contributed by atoms with Crippen LogP contribution in [0.1, 0.15) is 5.69 Å². The fourth-order valence-electron chi connectivity index (χ4n) is 0.751. The quantitative estimate of drug-likeness (QED) is 0.425. The number of hydrogen-bond acceptors (Lipinski definition) is 4. The van der Waals surface area contributed by atoms with Crippen molar-refractivity contribution >= 4 is 23.5 Å². The highest BCUT2D eigenvalue weighted by atomic mass is 32.1. The predicted molar refractivity (Wildman–Crippen MR) is 58.3 cm³/mol. The fourth-order valence-corrected chi connectivity index (χ4v) is 0.804. The molecule has 14 heavy (non-hydrogen) atoms. The Bertz CT molecular complexity index is 336. The van der Waals surface area contributed by atoms with Crippen molar-refractivity contribution in [1.29, 1.82) is 0 Å². The van der Waals surface area contributed by atoms with Crippen LogP contribution in [0.3, 0.4) is 0 Å². The predicted octanol–water partition coefficient (Wildman–Crippen LogP) is 0.257. The number of hydrogen-bond donors (Lipinski definition) is 2. The van der Waals surface area contributed by atoms with E-state index in [0.717, 1.165) is 0 Å². The number of thiocarbonyl (C=S) groups is 1. The Morgan fingerprint density at radius 3 is 3.00 bits per heavy atom. The summed E-state index contributed by atoms with van der Waals surface area (Å²) in [5.41, 5.74) is 8.29. The van der Waals surface area contributed by atoms with Gasteiger partial charge in [-0.05, 0) is 24.4 Å². The highest BCUT2D eigenvalue weighted by molar-refractivity contribution is 7.80. The van der Waals surface area contributed by atoms with Crippen molar-refractivity contribution in [2.75, 3.05) is 7.11 Å². The van der Waals surface area contributed by atoms with E-state index in [0.29, 0.717) is 11.4 Å². The van der Waals surface area contributed by atoms with Gasteiger partial charge in [0.15, 0.2) is 5.11 Å². The number of pyridine rings is 1. The molecule has 1 rings (SSSR count). The second-order valence-corrected chi connectivity index (χ2v) is 2.80. The van der Waals surface area contributed by atoms with E-state index in [-0.39, 0.29) is 5.11 Å². The molecule has 0 aliphatic heterocycles. The first kappa shape index (κ1) is 10.4. The summed E-state index contributed by atoms with van der Waals surface area (Å²) in [7, 11) is 1.58. The van der Waals surface area contributed by atoms with Crippen molar-refractivity contribution < 1.29 is 4.74 Å². The number of rotatable bonds is 3. The first-order chi connectivity index (χ1) is 6.72. The van der Waals surface area contributed by atoms with E-state index in [1.165, 1.54) is 6.21 Å². The van der Waals surface area contributed by atoms with Crippen LogP contribution in [-0.2, 0) is 0 Å². The van der Waals surface area contributed by atoms with Crippen molar-refractivity contribution in [3.8, 4) is 5.75 Å². The molecule has 0 saturated carbocycles. The van der Waals surface area contributed by atoms with Crippen molar-refractivity contribution in [3.63, 3.8) is 0 Å². The zero-order chi connectivity index (χ0) is 10.4. The maximum Gasteiger partial charge on any atom is 0.184 e. The van der Waals surface area contributed by atoms with Gasteiger partial charge in [-0.25, -0.2) is 0 Å². The van der Waals surface area contributed by atoms with E-state index in [2.05, 4.69) is 27.7 Å². The lowest BCUT2D eigenvalue weighted by Gasteiger charge is -1.98. The maximum atomic E-state index is 5.17. The Kier molecular flexibility index (Phi) is 3.81. The number of ether oxygens (including phenoxy) is 1. The molecule has 1 aromatic heterocycles. The lowest BCUT2D eigenvalue weighted by molar-refractivity contribution is 0.413. The minimum absolute atomic E-state index is 0.120. The Morgan fingerprint density at radius 2 is 2.50 bits per heavy atom. The topological polar surface area (TPSA) is 72.5 Å². The largest absolute Gasteiger partial charge is 0.495 e. The highest BCUT2D eigenvalue weighted by Crippen LogP contribution is 2.06. The molecule has 0 aliphatic rings. The van der Waals surface area contributed by atoms with E-state index < -0.39 is 0 Å². The molecule has 0 saturated heterocycles. The summed E-state index contributed by atoms with van der Waals surface area (Å²) in [6.45, 7) is 0. The molecule has 0 fully saturated rings. The number of aromatic nitrogens is 1. The summed E-state index contributed by atoms with van der Waals surface area (Å²) in [6, 6.07) is 3.55. The van der Waals surface area contributed by atoms with Gasteiger partial charge in [0.2, 0.25) is 0 Å². The van der Waals surface area contributed by atoms with E-state index in [1.54, 1.807) is 25.4 Å². The van der Waals surface area contributed by atoms with E-state index in [4.69, 9.17) is 10.5 Å². The fraction of sp³-hybridized carbons (Fsp3) is 0.125. The molecular formula is C8H10N4OS. The van der Waals surface area contributed by atoms with Crippen molar-refractivity contribution in [2.24, 2.45) is 10.8 Å². The molecule has 0 radical (unpaired) electrons. The van der Waals surface area contributed by atoms with Crippen LogP contribution in [0.2, 0.25) is 0 Å². The summed E-state index contributed by atoms with van der Waals surface area (Å²) in [4.78, 5) is 4.05. The molecule has 0 aromatic carbocycles. The van der Waals surface area contributed by atoms with Crippen LogP contribution in [0.25, 0.3) is 0 Å². The Morgan fingerprint density at radius 1 is 1.71 bits per heavy atom. The molecule has 0 spiro atoms. The summed E-state index contributed by atoms with van der Waals surface area (Å²) in [5.74, 6) is 0.699. The summed E-state index contributed by atoms with van der Waals surface area (Å²) < 4.78 is 4.95. The monoisotopic (exact) mass is 210 g/mol. The third-order valence-corrected chi connectivity index (χ3v) is 1.46. The first-order valence-electron chi connectivity index (χ1n) is 3.81. The third-order valence-electron chi connectivity index (χ3n) is 1.37. The SMILES string of the molecule is COc1ccc(/C=N/NC(N)=S)nc1. The molecule has 0 aliphatic carbocycles. The number of methoxy groups -OCH3 is 1. The molecule has 74 valence electrons. The Hall–Kier alpha value is -1.69. The van der Waals surface area contributed by atoms with Crippen LogP contribution >= 0.6 is 12.2 Å². The van der Waals surface area contributed by atoms with E-state index >= 15 is 0 Å². The molecule has 0 unspecified atom stereocenters. The van der Waals surface area contributed by atoms with E-state index in [9.17, 15) is 0 Å². The van der Waals surface area contributed by atoms with E-state index in [1.807, 2.05) is 0 Å². The highest BCUT2D eigenvalue weighted by Gasteiger charge is 1.91. The number of nitrogens with two attached hydrogens (primary N) is 1. The summed E-state index contributed by atoms with van der Waals surface area (Å²) in [6.07, 6.45) is 3.11. The molecule has 1 aromatic rings. The molecule has 6 heteroatoms. The maximum absolute atomic E-state index is 5.17. The molecule has 5 nitrogen and oxygen atoms in total. The second kappa shape index (κ2) is 5.13. The Labute approximate surface area is 87.0 Å². The zero-order valence-corrected chi connectivity index (χ0v) is 8.41. The first-order valence-corrected chi connectivity index (χ1v) is 4.22. The smallest absolute Gasteiger partial charge is 0.184 e. The van der Waals surface area contributed by atoms with Gasteiger partial charge < -0.3 is 10.5 Å². The van der Waals surface area contributed by atoms with Gasteiger partial charge in [0.25, 0.3) is 0 Å². The summed E-state index contributed by atoms with van der Waals surface area (Å²) >= 11 is 4.56. The van der Waals surface area contributed by atoms with Gasteiger partial charge in [-0.2, -0.15) is 5.10 Å². The van der Waals surface area contributed by atoms with Crippen LogP contribution in [-0.4, -0.2) is 23.4 Å². The minimum atomic E-state index is 0.120. The third kappa shape index (κ3) is 3.36. The molecule has 3 N–H and O–H groups in total. The zero-order valence-electron chi connectivity index (χ0n) is 7.60. The second-order valence-electron chi connectivity index (χ2n) is 2.36. The van der Waals surface area contributed by atoms with Crippen LogP contribution in [0.5, 0.6) is 5.75 Å². The standard InChI is InChI=1S/C8H10N4OS/c1-13-7-3-2-6(10-5-7)4-11-12-8(9)14/h2-5H,1H3,(H3,9,12,14)/b11-4+. The summed E-state index contributed by atoms with van der Waals surface area (Å²) in [5, 5.41) is 3.87. The van der Waals surface area contributed by atoms with Gasteiger partial charge in [0.1, 0.15) is 5.75 Å². The van der Waals surface area contributed by atoms with Gasteiger partial charge in [-0.1, -0.05) is 0 Å². The van der Waals surface area contributed by atoms with Gasteiger partial charge in [0.05, 0.1) is 25.2 Å². The van der Waals surface area contributed by atoms with Crippen LogP contribution in [0.15, 0.2) is 23.4 Å². The molecular weight excluding hydrogens is 200 g/mol. The average molecular weight is 210 g/mol. The number of nitrogens with one attached hydrogen (secondary N) is 1. The molecule has 1 heterocycles. The van der Waals surface area contributed by atoms with Crippen molar-refractivity contribution in [2.45, 2.75) is 0 Å². The van der Waals surface area contributed by atoms with Crippen molar-refractivity contribution in [1.82, 2.24) is 10.4 Å². The average Bonchev–Trinajstić information content (AvgIpc) is 2.18. The van der Waals surface area contributed by atoms with Crippen LogP contribution in [0, 0.1) is 0 Å². The number of hydrazone groups is 1. The minimum Gasteiger partial charge on any atom is -0.495 e. The van der Waals surface area contributed by atoms with Crippen LogP contribution < -0.4 is 15.9 Å². The van der Waals surface area contributed by atoms with Gasteiger partial charge in [0, 0.05) is 0 Å². The normalized spacial score (nSPS) is 10.1. The van der Waals surface area contributed by atoms with Gasteiger partial charge >= 0.3 is 0 Å². The lowest BCUT2D eigenvalue weighted by atomic mass is 10.3. The lowest BCUT2D eigenvalue weighted by Crippen LogP contribution is -2.24. The van der Waals surface area contributed by atoms with Gasteiger partial charge in [-0.15, -0.1) is 0 Å². The molecule has 0 bridgehead atoms. The Balaban J connectivity index is 2.59. The van der Waals surface area contributed by atoms with Gasteiger partial charge in [-0.3, -0.25) is 10.4 Å². The van der Waals surface area contributed by atoms with Crippen molar-refractivity contribution in [3.05, 3.63) is 24.0 Å². The molecule has 0 atom stereocenters. The molecule has 0 amide bonds. The number of nitrogens with zero attached hydrogens (tertiary/aromatic N) is 2. The van der Waals surface area contributed by atoms with Crippen LogP contribution in [0.4, 0.5) is 0 Å².